The van der Waals surface area contributed by atoms with E-state index >= 15 is 0 Å². The smallest absolute Gasteiger partial charge is 0.354 e. The Balaban J connectivity index is 1.84. The number of pyridine rings is 1. The van der Waals surface area contributed by atoms with Crippen molar-refractivity contribution >= 4 is 11.8 Å². The molecule has 0 radical (unpaired) electrons. The molecule has 1 aromatic heterocycles. The zero-order valence-electron chi connectivity index (χ0n) is 11.8. The van der Waals surface area contributed by atoms with E-state index in [0.717, 1.165) is 19.4 Å². The number of aliphatic hydroxyl groups excluding tert-OH is 1. The SMILES string of the molecule is O=C(O)c1cccc(N2CC(O)CC2C2CCCOC2)n1. The lowest BCUT2D eigenvalue weighted by atomic mass is 9.91. The summed E-state index contributed by atoms with van der Waals surface area (Å²) in [5, 5.41) is 19.1. The fraction of sp³-hybridized carbons (Fsp3) is 0.600. The summed E-state index contributed by atoms with van der Waals surface area (Å²) in [6.07, 6.45) is 2.40. The Morgan fingerprint density at radius 3 is 3.00 bits per heavy atom. The minimum atomic E-state index is -1.03. The molecule has 3 heterocycles. The molecule has 0 aliphatic carbocycles. The van der Waals surface area contributed by atoms with Crippen molar-refractivity contribution in [3.63, 3.8) is 0 Å². The van der Waals surface area contributed by atoms with Crippen LogP contribution in [0, 0.1) is 5.92 Å². The molecule has 3 unspecified atom stereocenters. The van der Waals surface area contributed by atoms with Gasteiger partial charge in [0, 0.05) is 25.1 Å². The largest absolute Gasteiger partial charge is 0.477 e. The summed E-state index contributed by atoms with van der Waals surface area (Å²) in [5.41, 5.74) is 0.0348. The van der Waals surface area contributed by atoms with Crippen LogP contribution in [0.4, 0.5) is 5.82 Å². The summed E-state index contributed by atoms with van der Waals surface area (Å²) < 4.78 is 5.55. The van der Waals surface area contributed by atoms with E-state index in [-0.39, 0.29) is 11.7 Å². The highest BCUT2D eigenvalue weighted by molar-refractivity contribution is 5.85. The summed E-state index contributed by atoms with van der Waals surface area (Å²) in [6.45, 7) is 2.00. The predicted molar refractivity (Wildman–Crippen MR) is 76.5 cm³/mol. The second kappa shape index (κ2) is 5.99. The topological polar surface area (TPSA) is 82.9 Å². The Morgan fingerprint density at radius 1 is 1.43 bits per heavy atom. The Bertz CT molecular complexity index is 516. The predicted octanol–water partition coefficient (Wildman–Crippen LogP) is 1.15. The fourth-order valence-corrected chi connectivity index (χ4v) is 3.32. The number of carbonyl (C=O) groups is 1. The van der Waals surface area contributed by atoms with E-state index in [1.165, 1.54) is 6.07 Å². The maximum absolute atomic E-state index is 11.1. The highest BCUT2D eigenvalue weighted by Gasteiger charge is 2.38. The summed E-state index contributed by atoms with van der Waals surface area (Å²) in [7, 11) is 0. The highest BCUT2D eigenvalue weighted by atomic mass is 16.5. The lowest BCUT2D eigenvalue weighted by molar-refractivity contribution is 0.0431. The van der Waals surface area contributed by atoms with Gasteiger partial charge in [0.05, 0.1) is 12.7 Å². The molecule has 2 N–H and O–H groups in total. The lowest BCUT2D eigenvalue weighted by Crippen LogP contribution is -2.40. The molecule has 2 saturated heterocycles. The van der Waals surface area contributed by atoms with Crippen molar-refractivity contribution < 1.29 is 19.7 Å². The maximum atomic E-state index is 11.1. The molecule has 3 rings (SSSR count). The minimum Gasteiger partial charge on any atom is -0.477 e. The summed E-state index contributed by atoms with van der Waals surface area (Å²) in [6, 6.07) is 5.15. The third kappa shape index (κ3) is 3.01. The monoisotopic (exact) mass is 292 g/mol. The Hall–Kier alpha value is -1.66. The van der Waals surface area contributed by atoms with Crippen LogP contribution < -0.4 is 4.90 Å². The first kappa shape index (κ1) is 14.3. The van der Waals surface area contributed by atoms with Crippen LogP contribution in [-0.2, 0) is 4.74 Å². The number of nitrogens with zero attached hydrogens (tertiary/aromatic N) is 2. The minimum absolute atomic E-state index is 0.0348. The van der Waals surface area contributed by atoms with E-state index in [0.29, 0.717) is 31.3 Å². The summed E-state index contributed by atoms with van der Waals surface area (Å²) >= 11 is 0. The van der Waals surface area contributed by atoms with Gasteiger partial charge < -0.3 is 19.8 Å². The van der Waals surface area contributed by atoms with Crippen LogP contribution in [0.5, 0.6) is 0 Å². The normalized spacial score (nSPS) is 29.6. The van der Waals surface area contributed by atoms with Gasteiger partial charge in [0.1, 0.15) is 5.82 Å². The number of aromatic carboxylic acids is 1. The molecular weight excluding hydrogens is 272 g/mol. The van der Waals surface area contributed by atoms with E-state index in [4.69, 9.17) is 9.84 Å². The molecule has 0 saturated carbocycles. The Kier molecular flexibility index (Phi) is 4.07. The standard InChI is InChI=1S/C15H20N2O4/c18-11-7-13(10-3-2-6-21-9-10)17(8-11)14-5-1-4-12(16-14)15(19)20/h1,4-5,10-11,13,18H,2-3,6-9H2,(H,19,20). The number of rotatable bonds is 3. The fourth-order valence-electron chi connectivity index (χ4n) is 3.32. The van der Waals surface area contributed by atoms with Crippen molar-refractivity contribution in [3.05, 3.63) is 23.9 Å². The van der Waals surface area contributed by atoms with Gasteiger partial charge >= 0.3 is 5.97 Å². The van der Waals surface area contributed by atoms with Gasteiger partial charge in [-0.15, -0.1) is 0 Å². The van der Waals surface area contributed by atoms with Crippen molar-refractivity contribution in [2.45, 2.75) is 31.4 Å². The van der Waals surface area contributed by atoms with Gasteiger partial charge in [-0.05, 0) is 31.4 Å². The number of anilines is 1. The van der Waals surface area contributed by atoms with Crippen molar-refractivity contribution in [3.8, 4) is 0 Å². The van der Waals surface area contributed by atoms with E-state index < -0.39 is 12.1 Å². The molecule has 0 spiro atoms. The molecule has 114 valence electrons. The second-order valence-corrected chi connectivity index (χ2v) is 5.77. The number of carboxylic acids is 1. The lowest BCUT2D eigenvalue weighted by Gasteiger charge is -2.34. The zero-order chi connectivity index (χ0) is 14.8. The molecular formula is C15H20N2O4. The van der Waals surface area contributed by atoms with Crippen molar-refractivity contribution in [1.82, 2.24) is 4.98 Å². The van der Waals surface area contributed by atoms with Gasteiger partial charge in [-0.2, -0.15) is 0 Å². The van der Waals surface area contributed by atoms with Gasteiger partial charge in [0.2, 0.25) is 0 Å². The van der Waals surface area contributed by atoms with Crippen LogP contribution >= 0.6 is 0 Å². The van der Waals surface area contributed by atoms with Crippen LogP contribution in [0.25, 0.3) is 0 Å². The first-order chi connectivity index (χ1) is 10.1. The maximum Gasteiger partial charge on any atom is 0.354 e. The third-order valence-corrected chi connectivity index (χ3v) is 4.31. The summed E-state index contributed by atoms with van der Waals surface area (Å²) in [5.74, 6) is -0.0395. The molecule has 6 heteroatoms. The van der Waals surface area contributed by atoms with E-state index in [9.17, 15) is 9.90 Å². The van der Waals surface area contributed by atoms with Crippen molar-refractivity contribution in [2.75, 3.05) is 24.7 Å². The van der Waals surface area contributed by atoms with Gasteiger partial charge in [-0.25, -0.2) is 9.78 Å². The second-order valence-electron chi connectivity index (χ2n) is 5.77. The molecule has 2 fully saturated rings. The Morgan fingerprint density at radius 2 is 2.29 bits per heavy atom. The number of aliphatic hydroxyl groups is 1. The number of ether oxygens (including phenoxy) is 1. The number of aromatic nitrogens is 1. The van der Waals surface area contributed by atoms with Gasteiger partial charge in [-0.1, -0.05) is 6.07 Å². The van der Waals surface area contributed by atoms with Crippen LogP contribution in [-0.4, -0.2) is 53.1 Å². The molecule has 0 aromatic carbocycles. The Labute approximate surface area is 123 Å². The highest BCUT2D eigenvalue weighted by Crippen LogP contribution is 2.32. The third-order valence-electron chi connectivity index (χ3n) is 4.31. The van der Waals surface area contributed by atoms with Crippen molar-refractivity contribution in [2.24, 2.45) is 5.92 Å². The quantitative estimate of drug-likeness (QED) is 0.869. The molecule has 21 heavy (non-hydrogen) atoms. The molecule has 3 atom stereocenters. The average Bonchev–Trinajstić information content (AvgIpc) is 2.90. The number of hydrogen-bond donors (Lipinski definition) is 2. The number of carboxylic acid groups (broad SMARTS) is 1. The molecule has 1 aromatic rings. The first-order valence-electron chi connectivity index (χ1n) is 7.38. The molecule has 6 nitrogen and oxygen atoms in total. The van der Waals surface area contributed by atoms with Crippen molar-refractivity contribution in [1.29, 1.82) is 0 Å². The van der Waals surface area contributed by atoms with Crippen LogP contribution in [0.3, 0.4) is 0 Å². The van der Waals surface area contributed by atoms with Crippen LogP contribution in [0.1, 0.15) is 29.8 Å². The number of β-amino-alcohol motifs (C(OH)–C–C–N with tert-alkyl or cyclic N) is 1. The average molecular weight is 292 g/mol. The molecule has 0 amide bonds. The van der Waals surface area contributed by atoms with Gasteiger partial charge in [-0.3, -0.25) is 0 Å². The van der Waals surface area contributed by atoms with E-state index in [2.05, 4.69) is 4.98 Å². The van der Waals surface area contributed by atoms with Crippen LogP contribution in [0.15, 0.2) is 18.2 Å². The molecule has 0 bridgehead atoms. The van der Waals surface area contributed by atoms with Gasteiger partial charge in [0.25, 0.3) is 0 Å². The van der Waals surface area contributed by atoms with Gasteiger partial charge in [0.15, 0.2) is 5.69 Å². The summed E-state index contributed by atoms with van der Waals surface area (Å²) in [4.78, 5) is 17.3. The molecule has 2 aliphatic heterocycles. The van der Waals surface area contributed by atoms with E-state index in [1.807, 2.05) is 4.90 Å². The number of hydrogen-bond acceptors (Lipinski definition) is 5. The first-order valence-corrected chi connectivity index (χ1v) is 7.38. The van der Waals surface area contributed by atoms with E-state index in [1.54, 1.807) is 12.1 Å². The van der Waals surface area contributed by atoms with Crippen LogP contribution in [0.2, 0.25) is 0 Å². The zero-order valence-corrected chi connectivity index (χ0v) is 11.8. The molecule has 2 aliphatic rings.